The molecular weight excluding hydrogens is 751 g/mol. The molecule has 5 heterocycles. The molecule has 4 aromatic rings. The number of anilines is 3. The maximum atomic E-state index is 14.7. The molecule has 5 amide bonds. The monoisotopic (exact) mass is 796 g/mol. The van der Waals surface area contributed by atoms with Gasteiger partial charge in [0.1, 0.15) is 23.8 Å². The van der Waals surface area contributed by atoms with E-state index in [1.807, 2.05) is 25.1 Å². The van der Waals surface area contributed by atoms with Gasteiger partial charge in [0.15, 0.2) is 0 Å². The number of hydrogen-bond donors (Lipinski definition) is 4. The molecule has 1 aliphatic carbocycles. The summed E-state index contributed by atoms with van der Waals surface area (Å²) < 4.78 is 31.5. The van der Waals surface area contributed by atoms with E-state index in [9.17, 15) is 28.4 Å². The van der Waals surface area contributed by atoms with E-state index >= 15 is 0 Å². The van der Waals surface area contributed by atoms with E-state index in [0.29, 0.717) is 47.9 Å². The molecule has 3 aliphatic rings. The SMILES string of the molecule is CC(CCc1cccc2c1C(=O)N(C1CCC(=O)NC1=O)C2=O)OCCOCCOCC(F)CNC(=O)c1cnc(Nc2ccc3cnccc3n2)cc1NC1CC1. The fourth-order valence-corrected chi connectivity index (χ4v) is 6.77. The molecule has 3 atom stereocenters. The minimum Gasteiger partial charge on any atom is -0.382 e. The lowest BCUT2D eigenvalue weighted by Gasteiger charge is -2.27. The Morgan fingerprint density at radius 1 is 0.983 bits per heavy atom. The van der Waals surface area contributed by atoms with Crippen molar-refractivity contribution < 1.29 is 42.6 Å². The first-order valence-electron chi connectivity index (χ1n) is 19.4. The molecule has 58 heavy (non-hydrogen) atoms. The molecule has 16 nitrogen and oxygen atoms in total. The Balaban J connectivity index is 0.773. The minimum atomic E-state index is -1.43. The number of carbonyl (C=O) groups is 5. The number of pyridine rings is 3. The number of piperidine rings is 1. The third-order valence-corrected chi connectivity index (χ3v) is 9.99. The molecule has 0 radical (unpaired) electrons. The summed E-state index contributed by atoms with van der Waals surface area (Å²) in [6, 6.07) is 11.6. The minimum absolute atomic E-state index is 0.0566. The number of amides is 5. The highest BCUT2D eigenvalue weighted by Crippen LogP contribution is 2.31. The second kappa shape index (κ2) is 18.6. The Morgan fingerprint density at radius 2 is 1.81 bits per heavy atom. The molecule has 7 rings (SSSR count). The molecule has 1 saturated heterocycles. The summed E-state index contributed by atoms with van der Waals surface area (Å²) in [4.78, 5) is 77.5. The van der Waals surface area contributed by atoms with Crippen LogP contribution in [-0.4, -0.2) is 113 Å². The molecule has 304 valence electrons. The second-order valence-electron chi connectivity index (χ2n) is 14.4. The smallest absolute Gasteiger partial charge is 0.262 e. The van der Waals surface area contributed by atoms with Crippen LogP contribution in [0.1, 0.15) is 75.7 Å². The zero-order valence-electron chi connectivity index (χ0n) is 32.0. The number of hydrogen-bond acceptors (Lipinski definition) is 13. The average molecular weight is 797 g/mol. The number of carbonyl (C=O) groups excluding carboxylic acids is 5. The molecule has 2 aliphatic heterocycles. The number of aryl methyl sites for hydroxylation is 1. The zero-order valence-corrected chi connectivity index (χ0v) is 32.0. The van der Waals surface area contributed by atoms with Gasteiger partial charge in [-0.2, -0.15) is 0 Å². The van der Waals surface area contributed by atoms with Crippen LogP contribution in [0.5, 0.6) is 0 Å². The van der Waals surface area contributed by atoms with Crippen molar-refractivity contribution >= 4 is 57.8 Å². The fourth-order valence-electron chi connectivity index (χ4n) is 6.77. The van der Waals surface area contributed by atoms with Crippen LogP contribution in [-0.2, 0) is 30.2 Å². The normalized spacial score (nSPS) is 17.6. The predicted octanol–water partition coefficient (Wildman–Crippen LogP) is 3.88. The van der Waals surface area contributed by atoms with Gasteiger partial charge in [-0.15, -0.1) is 0 Å². The van der Waals surface area contributed by atoms with Gasteiger partial charge in [0, 0.05) is 42.5 Å². The molecule has 3 unspecified atom stereocenters. The van der Waals surface area contributed by atoms with Crippen LogP contribution >= 0.6 is 0 Å². The lowest BCUT2D eigenvalue weighted by molar-refractivity contribution is -0.136. The van der Waals surface area contributed by atoms with Gasteiger partial charge in [-0.05, 0) is 68.9 Å². The molecule has 0 bridgehead atoms. The second-order valence-corrected chi connectivity index (χ2v) is 14.4. The third-order valence-electron chi connectivity index (χ3n) is 9.99. The molecule has 1 saturated carbocycles. The van der Waals surface area contributed by atoms with E-state index in [0.717, 1.165) is 28.6 Å². The number of ether oxygens (including phenoxy) is 3. The number of halogens is 1. The largest absolute Gasteiger partial charge is 0.382 e. The van der Waals surface area contributed by atoms with E-state index in [2.05, 4.69) is 36.2 Å². The van der Waals surface area contributed by atoms with Crippen LogP contribution in [0.25, 0.3) is 10.9 Å². The van der Waals surface area contributed by atoms with Gasteiger partial charge in [0.2, 0.25) is 11.8 Å². The quantitative estimate of drug-likeness (QED) is 0.0742. The fraction of sp³-hybridized carbons (Fsp3) is 0.415. The van der Waals surface area contributed by atoms with E-state index < -0.39 is 41.7 Å². The van der Waals surface area contributed by atoms with Crippen LogP contribution < -0.4 is 21.3 Å². The Kier molecular flexibility index (Phi) is 12.9. The molecule has 2 fully saturated rings. The number of rotatable bonds is 20. The Morgan fingerprint density at radius 3 is 2.64 bits per heavy atom. The molecule has 3 aromatic heterocycles. The molecular formula is C41H45FN8O8. The van der Waals surface area contributed by atoms with Gasteiger partial charge in [-0.1, -0.05) is 12.1 Å². The summed E-state index contributed by atoms with van der Waals surface area (Å²) >= 11 is 0. The Hall–Kier alpha value is -5.91. The maximum absolute atomic E-state index is 14.7. The highest BCUT2D eigenvalue weighted by Gasteiger charge is 2.45. The first-order chi connectivity index (χ1) is 28.1. The van der Waals surface area contributed by atoms with Gasteiger partial charge in [0.05, 0.1) is 73.6 Å². The van der Waals surface area contributed by atoms with E-state index in [1.165, 1.54) is 6.20 Å². The van der Waals surface area contributed by atoms with Crippen LogP contribution in [0.2, 0.25) is 0 Å². The number of aromatic nitrogens is 3. The first-order valence-corrected chi connectivity index (χ1v) is 19.4. The highest BCUT2D eigenvalue weighted by atomic mass is 19.1. The Labute approximate surface area is 333 Å². The van der Waals surface area contributed by atoms with Crippen molar-refractivity contribution in [2.24, 2.45) is 0 Å². The molecule has 4 N–H and O–H groups in total. The molecule has 1 aromatic carbocycles. The summed E-state index contributed by atoms with van der Waals surface area (Å²) in [5.41, 5.74) is 2.90. The lowest BCUT2D eigenvalue weighted by atomic mass is 9.98. The molecule has 0 spiro atoms. The van der Waals surface area contributed by atoms with E-state index in [4.69, 9.17) is 14.2 Å². The van der Waals surface area contributed by atoms with Crippen molar-refractivity contribution in [2.75, 3.05) is 50.2 Å². The number of nitrogens with zero attached hydrogens (tertiary/aromatic N) is 4. The first kappa shape index (κ1) is 40.3. The van der Waals surface area contributed by atoms with E-state index in [1.54, 1.807) is 36.7 Å². The number of imide groups is 2. The predicted molar refractivity (Wildman–Crippen MR) is 209 cm³/mol. The maximum Gasteiger partial charge on any atom is 0.262 e. The average Bonchev–Trinajstić information content (AvgIpc) is 4.00. The summed E-state index contributed by atoms with van der Waals surface area (Å²) in [7, 11) is 0. The third kappa shape index (κ3) is 9.96. The van der Waals surface area contributed by atoms with Crippen molar-refractivity contribution in [3.63, 3.8) is 0 Å². The van der Waals surface area contributed by atoms with Gasteiger partial charge < -0.3 is 30.2 Å². The number of benzene rings is 1. The van der Waals surface area contributed by atoms with Gasteiger partial charge >= 0.3 is 0 Å². The van der Waals surface area contributed by atoms with Crippen molar-refractivity contribution in [3.05, 3.63) is 83.3 Å². The van der Waals surface area contributed by atoms with E-state index in [-0.39, 0.29) is 69.1 Å². The standard InChI is InChI=1S/C41H45FN8O8/c1-24(5-6-25-3-2-4-29-37(25)41(55)50(40(29)54)33-10-12-36(51)49-39(33)53)58-18-17-56-15-16-57-23-27(42)21-45-38(52)30-22-44-35(19-32(30)46-28-8-9-28)48-34-11-7-26-20-43-14-13-31(26)47-34/h2-4,7,11,13-14,19-20,22,24,27-28,33H,5-6,8-10,12,15-18,21,23H2,1H3,(H,45,52)(H,49,51,53)(H2,44,46,47,48). The summed E-state index contributed by atoms with van der Waals surface area (Å²) in [5.74, 6) is -1.49. The zero-order chi connectivity index (χ0) is 40.6. The van der Waals surface area contributed by atoms with Crippen molar-refractivity contribution in [1.82, 2.24) is 30.5 Å². The van der Waals surface area contributed by atoms with Gasteiger partial charge in [-0.25, -0.2) is 14.4 Å². The summed E-state index contributed by atoms with van der Waals surface area (Å²) in [6.45, 7) is 2.40. The van der Waals surface area contributed by atoms with Gasteiger partial charge in [-0.3, -0.25) is 39.2 Å². The number of nitrogens with one attached hydrogen (secondary N) is 4. The van der Waals surface area contributed by atoms with Gasteiger partial charge in [0.25, 0.3) is 17.7 Å². The Bertz CT molecular complexity index is 2190. The topological polar surface area (TPSA) is 203 Å². The van der Waals surface area contributed by atoms with Crippen LogP contribution in [0.3, 0.4) is 0 Å². The van der Waals surface area contributed by atoms with Crippen molar-refractivity contribution in [2.45, 2.75) is 69.8 Å². The van der Waals surface area contributed by atoms with Crippen LogP contribution in [0.15, 0.2) is 61.1 Å². The number of fused-ring (bicyclic) bond motifs is 2. The van der Waals surface area contributed by atoms with Crippen molar-refractivity contribution in [3.8, 4) is 0 Å². The van der Waals surface area contributed by atoms with Crippen molar-refractivity contribution in [1.29, 1.82) is 0 Å². The van der Waals surface area contributed by atoms with Crippen LogP contribution in [0.4, 0.5) is 21.7 Å². The summed E-state index contributed by atoms with van der Waals surface area (Å²) in [5, 5.41) is 12.3. The lowest BCUT2D eigenvalue weighted by Crippen LogP contribution is -2.54. The molecule has 17 heteroatoms. The van der Waals surface area contributed by atoms with Crippen LogP contribution in [0, 0.1) is 0 Å². The summed E-state index contributed by atoms with van der Waals surface area (Å²) in [6.07, 6.45) is 6.42. The highest BCUT2D eigenvalue weighted by molar-refractivity contribution is 6.24. The number of alkyl halides is 1.